The fourth-order valence-electron chi connectivity index (χ4n) is 1.57. The van der Waals surface area contributed by atoms with Gasteiger partial charge in [-0.1, -0.05) is 19.8 Å². The van der Waals surface area contributed by atoms with E-state index in [1.54, 1.807) is 12.0 Å². The molecule has 0 radical (unpaired) electrons. The van der Waals surface area contributed by atoms with Crippen LogP contribution in [0.1, 0.15) is 40.0 Å². The van der Waals surface area contributed by atoms with Gasteiger partial charge in [0, 0.05) is 19.7 Å². The van der Waals surface area contributed by atoms with Crippen molar-refractivity contribution in [3.05, 3.63) is 0 Å². The van der Waals surface area contributed by atoms with Gasteiger partial charge >= 0.3 is 0 Å². The van der Waals surface area contributed by atoms with Gasteiger partial charge in [0.15, 0.2) is 0 Å². The van der Waals surface area contributed by atoms with E-state index in [-0.39, 0.29) is 18.0 Å². The second-order valence-electron chi connectivity index (χ2n) is 4.37. The number of hydrogen-bond acceptors (Lipinski definition) is 3. The molecule has 2 N–H and O–H groups in total. The lowest BCUT2D eigenvalue weighted by atomic mass is 10.1. The van der Waals surface area contributed by atoms with Gasteiger partial charge < -0.3 is 15.4 Å². The Balaban J connectivity index is 4.24. The topological polar surface area (TPSA) is 55.6 Å². The van der Waals surface area contributed by atoms with E-state index in [0.717, 1.165) is 19.3 Å². The number of nitrogens with two attached hydrogens (primary N) is 1. The third kappa shape index (κ3) is 5.47. The Kier molecular flexibility index (Phi) is 8.21. The first-order chi connectivity index (χ1) is 7.54. The van der Waals surface area contributed by atoms with Crippen LogP contribution in [0.4, 0.5) is 0 Å². The summed E-state index contributed by atoms with van der Waals surface area (Å²) in [4.78, 5) is 13.8. The van der Waals surface area contributed by atoms with Crippen LogP contribution in [0.5, 0.6) is 0 Å². The van der Waals surface area contributed by atoms with Crippen molar-refractivity contribution in [2.24, 2.45) is 5.73 Å². The van der Waals surface area contributed by atoms with Crippen LogP contribution in [0.3, 0.4) is 0 Å². The molecule has 0 saturated carbocycles. The van der Waals surface area contributed by atoms with E-state index >= 15 is 0 Å². The Morgan fingerprint density at radius 3 is 2.50 bits per heavy atom. The fourth-order valence-corrected chi connectivity index (χ4v) is 1.57. The van der Waals surface area contributed by atoms with Crippen LogP contribution in [0.15, 0.2) is 0 Å². The summed E-state index contributed by atoms with van der Waals surface area (Å²) in [6.45, 7) is 7.28. The summed E-state index contributed by atoms with van der Waals surface area (Å²) in [6, 6.07) is -0.186. The molecule has 0 aliphatic heterocycles. The van der Waals surface area contributed by atoms with Crippen LogP contribution in [-0.4, -0.2) is 43.2 Å². The Bertz CT molecular complexity index is 195. The van der Waals surface area contributed by atoms with Gasteiger partial charge in [-0.05, 0) is 20.3 Å². The highest BCUT2D eigenvalue weighted by atomic mass is 16.5. The van der Waals surface area contributed by atoms with E-state index in [9.17, 15) is 4.79 Å². The highest BCUT2D eigenvalue weighted by molar-refractivity contribution is 5.81. The first-order valence-corrected chi connectivity index (χ1v) is 6.09. The fraction of sp³-hybridized carbons (Fsp3) is 0.917. The molecule has 0 aliphatic rings. The van der Waals surface area contributed by atoms with Gasteiger partial charge in [0.05, 0.1) is 12.6 Å². The molecule has 0 aromatic carbocycles. The number of amides is 1. The molecule has 96 valence electrons. The minimum absolute atomic E-state index is 0.0421. The van der Waals surface area contributed by atoms with Crippen molar-refractivity contribution in [1.82, 2.24) is 4.90 Å². The van der Waals surface area contributed by atoms with Gasteiger partial charge in [-0.2, -0.15) is 0 Å². The minimum Gasteiger partial charge on any atom is -0.383 e. The maximum Gasteiger partial charge on any atom is 0.239 e. The summed E-state index contributed by atoms with van der Waals surface area (Å²) < 4.78 is 5.00. The SMILES string of the molecule is CCCC[C@H](N)C(=O)N(CCOC)C(C)C. The largest absolute Gasteiger partial charge is 0.383 e. The molecule has 4 heteroatoms. The summed E-state index contributed by atoms with van der Waals surface area (Å²) in [7, 11) is 1.64. The molecule has 0 spiro atoms. The van der Waals surface area contributed by atoms with Gasteiger partial charge in [-0.3, -0.25) is 4.79 Å². The molecule has 0 saturated heterocycles. The maximum absolute atomic E-state index is 12.0. The van der Waals surface area contributed by atoms with Crippen LogP contribution in [0, 0.1) is 0 Å². The van der Waals surface area contributed by atoms with Crippen LogP contribution < -0.4 is 5.73 Å². The van der Waals surface area contributed by atoms with Crippen molar-refractivity contribution in [3.8, 4) is 0 Å². The monoisotopic (exact) mass is 230 g/mol. The van der Waals surface area contributed by atoms with Gasteiger partial charge in [0.25, 0.3) is 0 Å². The minimum atomic E-state index is -0.362. The second-order valence-corrected chi connectivity index (χ2v) is 4.37. The predicted molar refractivity (Wildman–Crippen MR) is 66.2 cm³/mol. The van der Waals surface area contributed by atoms with Crippen LogP contribution >= 0.6 is 0 Å². The van der Waals surface area contributed by atoms with Gasteiger partial charge in [-0.15, -0.1) is 0 Å². The Labute approximate surface area is 99.1 Å². The molecule has 0 aromatic rings. The third-order valence-corrected chi connectivity index (χ3v) is 2.63. The lowest BCUT2D eigenvalue weighted by Gasteiger charge is -2.29. The van der Waals surface area contributed by atoms with Crippen molar-refractivity contribution in [2.45, 2.75) is 52.1 Å². The van der Waals surface area contributed by atoms with E-state index < -0.39 is 0 Å². The van der Waals surface area contributed by atoms with E-state index in [0.29, 0.717) is 13.2 Å². The van der Waals surface area contributed by atoms with Crippen molar-refractivity contribution in [2.75, 3.05) is 20.3 Å². The number of rotatable bonds is 8. The lowest BCUT2D eigenvalue weighted by Crippen LogP contribution is -2.48. The molecule has 0 heterocycles. The summed E-state index contributed by atoms with van der Waals surface area (Å²) in [5.41, 5.74) is 5.88. The number of carbonyl (C=O) groups excluding carboxylic acids is 1. The molecular formula is C12H26N2O2. The van der Waals surface area contributed by atoms with Gasteiger partial charge in [0.1, 0.15) is 0 Å². The third-order valence-electron chi connectivity index (χ3n) is 2.63. The Hall–Kier alpha value is -0.610. The van der Waals surface area contributed by atoms with Gasteiger partial charge in [-0.25, -0.2) is 0 Å². The zero-order valence-corrected chi connectivity index (χ0v) is 11.0. The highest BCUT2D eigenvalue weighted by Gasteiger charge is 2.22. The van der Waals surface area contributed by atoms with Crippen molar-refractivity contribution in [1.29, 1.82) is 0 Å². The predicted octanol–water partition coefficient (Wildman–Crippen LogP) is 1.39. The molecule has 0 bridgehead atoms. The van der Waals surface area contributed by atoms with Crippen LogP contribution in [-0.2, 0) is 9.53 Å². The molecule has 1 atom stereocenters. The van der Waals surface area contributed by atoms with E-state index in [4.69, 9.17) is 10.5 Å². The number of carbonyl (C=O) groups is 1. The number of methoxy groups -OCH3 is 1. The molecule has 1 amide bonds. The van der Waals surface area contributed by atoms with Crippen molar-refractivity contribution in [3.63, 3.8) is 0 Å². The molecule has 16 heavy (non-hydrogen) atoms. The first-order valence-electron chi connectivity index (χ1n) is 6.09. The van der Waals surface area contributed by atoms with Crippen molar-refractivity contribution >= 4 is 5.91 Å². The number of nitrogens with zero attached hydrogens (tertiary/aromatic N) is 1. The Morgan fingerprint density at radius 1 is 1.44 bits per heavy atom. The molecule has 0 aromatic heterocycles. The first kappa shape index (κ1) is 15.4. The normalized spacial score (nSPS) is 12.9. The summed E-state index contributed by atoms with van der Waals surface area (Å²) >= 11 is 0. The van der Waals surface area contributed by atoms with E-state index in [2.05, 4.69) is 6.92 Å². The maximum atomic E-state index is 12.0. The zero-order chi connectivity index (χ0) is 12.6. The average molecular weight is 230 g/mol. The second kappa shape index (κ2) is 8.53. The van der Waals surface area contributed by atoms with E-state index in [1.165, 1.54) is 0 Å². The zero-order valence-electron chi connectivity index (χ0n) is 11.0. The van der Waals surface area contributed by atoms with E-state index in [1.807, 2.05) is 13.8 Å². The number of hydrogen-bond donors (Lipinski definition) is 1. The number of ether oxygens (including phenoxy) is 1. The molecule has 0 aliphatic carbocycles. The summed E-state index contributed by atoms with van der Waals surface area (Å²) in [6.07, 6.45) is 2.84. The summed E-state index contributed by atoms with van der Waals surface area (Å²) in [5.74, 6) is 0.0421. The quantitative estimate of drug-likeness (QED) is 0.685. The molecule has 0 unspecified atom stereocenters. The Morgan fingerprint density at radius 2 is 2.06 bits per heavy atom. The van der Waals surface area contributed by atoms with Gasteiger partial charge in [0.2, 0.25) is 5.91 Å². The van der Waals surface area contributed by atoms with Crippen LogP contribution in [0.2, 0.25) is 0 Å². The average Bonchev–Trinajstić information content (AvgIpc) is 2.25. The molecule has 0 rings (SSSR count). The van der Waals surface area contributed by atoms with Crippen molar-refractivity contribution < 1.29 is 9.53 Å². The highest BCUT2D eigenvalue weighted by Crippen LogP contribution is 2.06. The lowest BCUT2D eigenvalue weighted by molar-refractivity contribution is -0.135. The standard InChI is InChI=1S/C12H26N2O2/c1-5-6-7-11(13)12(15)14(10(2)3)8-9-16-4/h10-11H,5-9,13H2,1-4H3/t11-/m0/s1. The molecule has 4 nitrogen and oxygen atoms in total. The number of unbranched alkanes of at least 4 members (excludes halogenated alkanes) is 1. The summed E-state index contributed by atoms with van der Waals surface area (Å²) in [5, 5.41) is 0. The molecular weight excluding hydrogens is 204 g/mol. The molecule has 0 fully saturated rings. The smallest absolute Gasteiger partial charge is 0.239 e. The van der Waals surface area contributed by atoms with Crippen LogP contribution in [0.25, 0.3) is 0 Å².